The van der Waals surface area contributed by atoms with Crippen LogP contribution in [0.1, 0.15) is 28.2 Å². The number of aryl methyl sites for hydroxylation is 2. The minimum atomic E-state index is 0.402. The molecule has 0 radical (unpaired) electrons. The fourth-order valence-electron chi connectivity index (χ4n) is 1.73. The molecule has 5 nitrogen and oxygen atoms in total. The summed E-state index contributed by atoms with van der Waals surface area (Å²) < 4.78 is 7.35. The van der Waals surface area contributed by atoms with Gasteiger partial charge in [-0.1, -0.05) is 22.9 Å². The first-order valence-corrected chi connectivity index (χ1v) is 6.25. The zero-order valence-electron chi connectivity index (χ0n) is 11.2. The zero-order chi connectivity index (χ0) is 13.7. The standard InChI is InChI=1S/C14H17N3O2/c1-11-4-6-13(7-5-11)19-9-3-8-17-12(2)14(10-18)15-16-17/h4-7,10H,3,8-9H2,1-2H3. The summed E-state index contributed by atoms with van der Waals surface area (Å²) in [5.41, 5.74) is 2.41. The van der Waals surface area contributed by atoms with Crippen LogP contribution in [0.15, 0.2) is 24.3 Å². The largest absolute Gasteiger partial charge is 0.494 e. The predicted octanol–water partition coefficient (Wildman–Crippen LogP) is 2.18. The van der Waals surface area contributed by atoms with E-state index in [-0.39, 0.29) is 0 Å². The van der Waals surface area contributed by atoms with Gasteiger partial charge in [-0.2, -0.15) is 0 Å². The van der Waals surface area contributed by atoms with Gasteiger partial charge >= 0.3 is 0 Å². The molecule has 0 N–H and O–H groups in total. The molecule has 0 bridgehead atoms. The van der Waals surface area contributed by atoms with E-state index in [0.29, 0.717) is 18.8 Å². The van der Waals surface area contributed by atoms with Crippen LogP contribution < -0.4 is 4.74 Å². The van der Waals surface area contributed by atoms with Gasteiger partial charge in [0.2, 0.25) is 0 Å². The summed E-state index contributed by atoms with van der Waals surface area (Å²) in [5.74, 6) is 0.870. The molecule has 0 fully saturated rings. The number of hydrogen-bond acceptors (Lipinski definition) is 4. The van der Waals surface area contributed by atoms with Gasteiger partial charge in [-0.25, -0.2) is 4.68 Å². The molecule has 0 unspecified atom stereocenters. The first-order chi connectivity index (χ1) is 9.20. The summed E-state index contributed by atoms with van der Waals surface area (Å²) in [6.45, 7) is 5.18. The maximum absolute atomic E-state index is 10.6. The molecule has 2 aromatic rings. The summed E-state index contributed by atoms with van der Waals surface area (Å²) in [6, 6.07) is 7.96. The predicted molar refractivity (Wildman–Crippen MR) is 71.4 cm³/mol. The number of rotatable bonds is 6. The molecule has 0 aliphatic heterocycles. The average Bonchev–Trinajstić information content (AvgIpc) is 2.77. The molecular weight excluding hydrogens is 242 g/mol. The van der Waals surface area contributed by atoms with Crippen LogP contribution in [0.25, 0.3) is 0 Å². The summed E-state index contributed by atoms with van der Waals surface area (Å²) >= 11 is 0. The highest BCUT2D eigenvalue weighted by molar-refractivity contribution is 5.72. The third-order valence-corrected chi connectivity index (χ3v) is 2.93. The molecule has 0 saturated heterocycles. The van der Waals surface area contributed by atoms with Crippen molar-refractivity contribution in [3.8, 4) is 5.75 Å². The Hall–Kier alpha value is -2.17. The zero-order valence-corrected chi connectivity index (χ0v) is 11.2. The third-order valence-electron chi connectivity index (χ3n) is 2.93. The van der Waals surface area contributed by atoms with E-state index >= 15 is 0 Å². The Morgan fingerprint density at radius 3 is 2.63 bits per heavy atom. The fraction of sp³-hybridized carbons (Fsp3) is 0.357. The van der Waals surface area contributed by atoms with Gasteiger partial charge in [-0.05, 0) is 26.0 Å². The number of hydrogen-bond donors (Lipinski definition) is 0. The van der Waals surface area contributed by atoms with Gasteiger partial charge in [0, 0.05) is 13.0 Å². The molecule has 1 aromatic carbocycles. The Labute approximate surface area is 112 Å². The number of aromatic nitrogens is 3. The maximum Gasteiger partial charge on any atom is 0.172 e. The number of benzene rings is 1. The summed E-state index contributed by atoms with van der Waals surface area (Å²) in [6.07, 6.45) is 1.54. The first kappa shape index (κ1) is 13.3. The third kappa shape index (κ3) is 3.40. The van der Waals surface area contributed by atoms with E-state index in [9.17, 15) is 4.79 Å². The SMILES string of the molecule is Cc1ccc(OCCCn2nnc(C=O)c2C)cc1. The smallest absolute Gasteiger partial charge is 0.172 e. The van der Waals surface area contributed by atoms with E-state index in [1.807, 2.05) is 38.1 Å². The van der Waals surface area contributed by atoms with Gasteiger partial charge in [0.1, 0.15) is 11.4 Å². The molecule has 0 atom stereocenters. The summed E-state index contributed by atoms with van der Waals surface area (Å²) in [4.78, 5) is 10.6. The van der Waals surface area contributed by atoms with E-state index in [1.165, 1.54) is 5.56 Å². The molecular formula is C14H17N3O2. The van der Waals surface area contributed by atoms with Crippen molar-refractivity contribution in [2.45, 2.75) is 26.8 Å². The van der Waals surface area contributed by atoms with Crippen LogP contribution in [-0.4, -0.2) is 27.9 Å². The van der Waals surface area contributed by atoms with E-state index in [4.69, 9.17) is 4.74 Å². The lowest BCUT2D eigenvalue weighted by Gasteiger charge is -2.07. The van der Waals surface area contributed by atoms with Crippen molar-refractivity contribution in [2.24, 2.45) is 0 Å². The van der Waals surface area contributed by atoms with Crippen LogP contribution in [0, 0.1) is 13.8 Å². The highest BCUT2D eigenvalue weighted by Crippen LogP contribution is 2.11. The first-order valence-electron chi connectivity index (χ1n) is 6.25. The van der Waals surface area contributed by atoms with Crippen LogP contribution in [0.4, 0.5) is 0 Å². The second-order valence-corrected chi connectivity index (χ2v) is 4.42. The Morgan fingerprint density at radius 2 is 2.00 bits per heavy atom. The molecule has 1 heterocycles. The molecule has 1 aromatic heterocycles. The van der Waals surface area contributed by atoms with Crippen molar-refractivity contribution in [3.63, 3.8) is 0 Å². The van der Waals surface area contributed by atoms with Gasteiger partial charge in [0.05, 0.1) is 12.3 Å². The molecule has 100 valence electrons. The highest BCUT2D eigenvalue weighted by Gasteiger charge is 2.06. The van der Waals surface area contributed by atoms with Crippen LogP contribution in [0.2, 0.25) is 0 Å². The Kier molecular flexibility index (Phi) is 4.28. The normalized spacial score (nSPS) is 10.4. The molecule has 2 rings (SSSR count). The molecule has 5 heteroatoms. The Bertz CT molecular complexity index is 546. The van der Waals surface area contributed by atoms with Crippen molar-refractivity contribution >= 4 is 6.29 Å². The van der Waals surface area contributed by atoms with Gasteiger partial charge in [-0.15, -0.1) is 5.10 Å². The average molecular weight is 259 g/mol. The summed E-state index contributed by atoms with van der Waals surface area (Å²) in [5, 5.41) is 7.71. The van der Waals surface area contributed by atoms with Gasteiger partial charge in [0.25, 0.3) is 0 Å². The maximum atomic E-state index is 10.6. The van der Waals surface area contributed by atoms with Crippen LogP contribution in [0.3, 0.4) is 0 Å². The highest BCUT2D eigenvalue weighted by atomic mass is 16.5. The van der Waals surface area contributed by atoms with E-state index in [2.05, 4.69) is 10.3 Å². The van der Waals surface area contributed by atoms with E-state index in [1.54, 1.807) is 4.68 Å². The number of carbonyl (C=O) groups excluding carboxylic acids is 1. The lowest BCUT2D eigenvalue weighted by Crippen LogP contribution is -2.07. The molecule has 19 heavy (non-hydrogen) atoms. The minimum absolute atomic E-state index is 0.402. The Morgan fingerprint density at radius 1 is 1.26 bits per heavy atom. The van der Waals surface area contributed by atoms with Crippen LogP contribution in [-0.2, 0) is 6.54 Å². The van der Waals surface area contributed by atoms with Crippen molar-refractivity contribution in [1.29, 1.82) is 0 Å². The lowest BCUT2D eigenvalue weighted by molar-refractivity contribution is 0.111. The van der Waals surface area contributed by atoms with Crippen LogP contribution in [0.5, 0.6) is 5.75 Å². The second kappa shape index (κ2) is 6.13. The van der Waals surface area contributed by atoms with E-state index < -0.39 is 0 Å². The topological polar surface area (TPSA) is 57.0 Å². The summed E-state index contributed by atoms with van der Waals surface area (Å²) in [7, 11) is 0. The van der Waals surface area contributed by atoms with Crippen LogP contribution >= 0.6 is 0 Å². The van der Waals surface area contributed by atoms with Gasteiger partial charge < -0.3 is 4.74 Å². The van der Waals surface area contributed by atoms with Crippen molar-refractivity contribution in [3.05, 3.63) is 41.2 Å². The molecule has 0 amide bonds. The van der Waals surface area contributed by atoms with Crippen molar-refractivity contribution in [2.75, 3.05) is 6.61 Å². The van der Waals surface area contributed by atoms with Crippen molar-refractivity contribution < 1.29 is 9.53 Å². The second-order valence-electron chi connectivity index (χ2n) is 4.42. The van der Waals surface area contributed by atoms with Gasteiger partial charge in [0.15, 0.2) is 6.29 Å². The quantitative estimate of drug-likeness (QED) is 0.589. The lowest BCUT2D eigenvalue weighted by atomic mass is 10.2. The molecule has 0 aliphatic rings. The van der Waals surface area contributed by atoms with Crippen molar-refractivity contribution in [1.82, 2.24) is 15.0 Å². The monoisotopic (exact) mass is 259 g/mol. The number of nitrogens with zero attached hydrogens (tertiary/aromatic N) is 3. The molecule has 0 spiro atoms. The fourth-order valence-corrected chi connectivity index (χ4v) is 1.73. The number of carbonyl (C=O) groups is 1. The minimum Gasteiger partial charge on any atom is -0.494 e. The number of ether oxygens (including phenoxy) is 1. The Balaban J connectivity index is 1.79. The van der Waals surface area contributed by atoms with E-state index in [0.717, 1.165) is 24.2 Å². The molecule has 0 saturated carbocycles. The molecule has 0 aliphatic carbocycles. The van der Waals surface area contributed by atoms with Gasteiger partial charge in [-0.3, -0.25) is 4.79 Å². The number of aldehydes is 1.